The summed E-state index contributed by atoms with van der Waals surface area (Å²) >= 11 is 0. The summed E-state index contributed by atoms with van der Waals surface area (Å²) in [6, 6.07) is 11.5. The second-order valence-corrected chi connectivity index (χ2v) is 6.48. The molecule has 0 bridgehead atoms. The van der Waals surface area contributed by atoms with E-state index in [1.165, 1.54) is 42.6 Å². The van der Waals surface area contributed by atoms with Gasteiger partial charge in [0.1, 0.15) is 0 Å². The number of nitrogens with zero attached hydrogens (tertiary/aromatic N) is 3. The van der Waals surface area contributed by atoms with Crippen molar-refractivity contribution in [3.8, 4) is 0 Å². The molecule has 0 unspecified atom stereocenters. The Morgan fingerprint density at radius 1 is 1.22 bits per heavy atom. The van der Waals surface area contributed by atoms with Crippen molar-refractivity contribution in [3.05, 3.63) is 69.8 Å². The lowest BCUT2D eigenvalue weighted by Gasteiger charge is -2.05. The molecule has 0 heterocycles. The zero-order valence-corrected chi connectivity index (χ0v) is 14.9. The fourth-order valence-corrected chi connectivity index (χ4v) is 2.06. The highest BCUT2D eigenvalue weighted by Gasteiger charge is 2.07. The summed E-state index contributed by atoms with van der Waals surface area (Å²) in [6.07, 6.45) is 1.21. The third-order valence-electron chi connectivity index (χ3n) is 2.95. The molecule has 27 heavy (non-hydrogen) atoms. The summed E-state index contributed by atoms with van der Waals surface area (Å²) in [5.41, 5.74) is 6.37. The number of benzene rings is 2. The number of nitrogens with two attached hydrogens (primary N) is 1. The minimum atomic E-state index is -4.02. The number of hydrogen-bond acceptors (Lipinski definition) is 7. The Balaban J connectivity index is 0.000000289. The van der Waals surface area contributed by atoms with E-state index in [1.807, 2.05) is 6.92 Å². The van der Waals surface area contributed by atoms with Gasteiger partial charge in [-0.25, -0.2) is 0 Å². The number of nitro groups is 1. The molecule has 0 saturated carbocycles. The van der Waals surface area contributed by atoms with Gasteiger partial charge in [0.15, 0.2) is 0 Å². The van der Waals surface area contributed by atoms with E-state index in [0.717, 1.165) is 5.56 Å². The molecule has 0 amide bonds. The number of rotatable bonds is 4. The van der Waals surface area contributed by atoms with Crippen molar-refractivity contribution in [2.24, 2.45) is 10.8 Å². The highest BCUT2D eigenvalue weighted by atomic mass is 32.2. The van der Waals surface area contributed by atoms with Crippen molar-refractivity contribution in [2.45, 2.75) is 11.8 Å². The van der Waals surface area contributed by atoms with Gasteiger partial charge >= 0.3 is 0 Å². The van der Waals surface area contributed by atoms with Crippen LogP contribution in [0.3, 0.4) is 0 Å². The van der Waals surface area contributed by atoms with Crippen molar-refractivity contribution in [3.63, 3.8) is 0 Å². The molecule has 0 aliphatic carbocycles. The highest BCUT2D eigenvalue weighted by Crippen LogP contribution is 2.10. The van der Waals surface area contributed by atoms with E-state index in [0.29, 0.717) is 5.56 Å². The van der Waals surface area contributed by atoms with Gasteiger partial charge in [-0.1, -0.05) is 17.7 Å². The summed E-state index contributed by atoms with van der Waals surface area (Å²) in [5, 5.41) is 29.7. The zero-order chi connectivity index (χ0) is 20.6. The number of hydrazone groups is 1. The van der Waals surface area contributed by atoms with Crippen LogP contribution in [0.4, 0.5) is 5.69 Å². The standard InChI is InChI=1S/C8H9N5O3.C7H8O3S/c9-8(10)12(14)11-5-6-1-3-7(4-2-6)13(15)16;1-6-2-4-7(5-3-6)11(8,9)10/h1-5,14H,(H3,9,10);2-5H,1H3,(H,8,9,10)/b11-5+;. The number of nitrogens with one attached hydrogen (secondary N) is 1. The fraction of sp³-hybridized carbons (Fsp3) is 0.0667. The Hall–Kier alpha value is -3.35. The minimum Gasteiger partial charge on any atom is -0.367 e. The zero-order valence-electron chi connectivity index (χ0n) is 14.1. The number of hydroxylamine groups is 1. The van der Waals surface area contributed by atoms with Crippen LogP contribution >= 0.6 is 0 Å². The van der Waals surface area contributed by atoms with E-state index >= 15 is 0 Å². The van der Waals surface area contributed by atoms with Crippen molar-refractivity contribution in [1.82, 2.24) is 5.17 Å². The molecule has 0 aliphatic heterocycles. The van der Waals surface area contributed by atoms with E-state index in [9.17, 15) is 18.5 Å². The first-order valence-electron chi connectivity index (χ1n) is 7.16. The summed E-state index contributed by atoms with van der Waals surface area (Å²) < 4.78 is 29.6. The van der Waals surface area contributed by atoms with E-state index in [1.54, 1.807) is 12.1 Å². The molecule has 0 fully saturated rings. The summed E-state index contributed by atoms with van der Waals surface area (Å²) in [7, 11) is -4.02. The number of guanidine groups is 1. The van der Waals surface area contributed by atoms with Crippen LogP contribution in [0, 0.1) is 22.4 Å². The number of hydrogen-bond donors (Lipinski definition) is 4. The predicted molar refractivity (Wildman–Crippen MR) is 97.2 cm³/mol. The Kier molecular flexibility index (Phi) is 7.53. The third kappa shape index (κ3) is 7.60. The number of non-ortho nitro benzene ring substituents is 1. The van der Waals surface area contributed by atoms with E-state index < -0.39 is 21.0 Å². The van der Waals surface area contributed by atoms with Gasteiger partial charge in [-0.3, -0.25) is 25.3 Å². The Morgan fingerprint density at radius 3 is 2.15 bits per heavy atom. The molecule has 0 aromatic heterocycles. The average molecular weight is 395 g/mol. The Morgan fingerprint density at radius 2 is 1.74 bits per heavy atom. The first-order valence-corrected chi connectivity index (χ1v) is 8.60. The van der Waals surface area contributed by atoms with Gasteiger partial charge in [-0.2, -0.15) is 13.5 Å². The molecule has 12 heteroatoms. The van der Waals surface area contributed by atoms with Gasteiger partial charge in [0.2, 0.25) is 5.96 Å². The van der Waals surface area contributed by atoms with Crippen LogP contribution in [0.5, 0.6) is 0 Å². The lowest BCUT2D eigenvalue weighted by molar-refractivity contribution is -0.384. The summed E-state index contributed by atoms with van der Waals surface area (Å²) in [5.74, 6) is -0.627. The molecular weight excluding hydrogens is 378 g/mol. The minimum absolute atomic E-state index is 0.0374. The Bertz CT molecular complexity index is 926. The number of aryl methyl sites for hydroxylation is 1. The summed E-state index contributed by atoms with van der Waals surface area (Å²) in [4.78, 5) is 9.76. The van der Waals surface area contributed by atoms with Crippen LogP contribution in [0.25, 0.3) is 0 Å². The molecule has 0 saturated heterocycles. The van der Waals surface area contributed by atoms with Gasteiger partial charge in [-0.05, 0) is 36.8 Å². The molecule has 144 valence electrons. The van der Waals surface area contributed by atoms with Crippen molar-refractivity contribution in [2.75, 3.05) is 0 Å². The molecule has 0 aliphatic rings. The van der Waals surface area contributed by atoms with Gasteiger partial charge in [0.05, 0.1) is 16.0 Å². The average Bonchev–Trinajstić information content (AvgIpc) is 2.60. The monoisotopic (exact) mass is 395 g/mol. The molecule has 2 rings (SSSR count). The fourth-order valence-electron chi connectivity index (χ4n) is 1.58. The molecular formula is C15H17N5O6S. The van der Waals surface area contributed by atoms with Crippen LogP contribution in [-0.2, 0) is 10.1 Å². The molecule has 0 atom stereocenters. The van der Waals surface area contributed by atoms with Crippen LogP contribution in [0.1, 0.15) is 11.1 Å². The number of nitro benzene ring substituents is 1. The predicted octanol–water partition coefficient (Wildman–Crippen LogP) is 1.76. The Labute approximate surface area is 154 Å². The van der Waals surface area contributed by atoms with E-state index in [2.05, 4.69) is 5.10 Å². The van der Waals surface area contributed by atoms with Gasteiger partial charge < -0.3 is 5.73 Å². The van der Waals surface area contributed by atoms with E-state index in [-0.39, 0.29) is 15.8 Å². The lowest BCUT2D eigenvalue weighted by atomic mass is 10.2. The topological polar surface area (TPSA) is 183 Å². The maximum atomic E-state index is 10.5. The second kappa shape index (κ2) is 9.38. The third-order valence-corrected chi connectivity index (χ3v) is 3.82. The maximum absolute atomic E-state index is 10.5. The molecule has 2 aromatic rings. The normalized spacial score (nSPS) is 10.8. The van der Waals surface area contributed by atoms with E-state index in [4.69, 9.17) is 20.9 Å². The SMILES string of the molecule is Cc1ccc(S(=O)(=O)O)cc1.N=C(N)N(O)/N=C/c1ccc([N+](=O)[O-])cc1. The molecule has 11 nitrogen and oxygen atoms in total. The quantitative estimate of drug-likeness (QED) is 0.198. The van der Waals surface area contributed by atoms with Crippen LogP contribution < -0.4 is 5.73 Å². The highest BCUT2D eigenvalue weighted by molar-refractivity contribution is 7.85. The molecule has 0 radical (unpaired) electrons. The first-order chi connectivity index (χ1) is 12.5. The van der Waals surface area contributed by atoms with Gasteiger partial charge in [0.25, 0.3) is 15.8 Å². The molecule has 0 spiro atoms. The molecule has 2 aromatic carbocycles. The van der Waals surface area contributed by atoms with Crippen LogP contribution in [0.2, 0.25) is 0 Å². The second-order valence-electron chi connectivity index (χ2n) is 5.06. The van der Waals surface area contributed by atoms with Gasteiger partial charge in [0, 0.05) is 12.1 Å². The first kappa shape index (κ1) is 21.7. The lowest BCUT2D eigenvalue weighted by Crippen LogP contribution is -2.28. The van der Waals surface area contributed by atoms with Crippen LogP contribution in [0.15, 0.2) is 58.5 Å². The molecule has 5 N–H and O–H groups in total. The van der Waals surface area contributed by atoms with Crippen molar-refractivity contribution < 1.29 is 23.1 Å². The van der Waals surface area contributed by atoms with Crippen LogP contribution in [-0.4, -0.2) is 40.4 Å². The van der Waals surface area contributed by atoms with Crippen molar-refractivity contribution in [1.29, 1.82) is 5.41 Å². The summed E-state index contributed by atoms with van der Waals surface area (Å²) in [6.45, 7) is 1.84. The van der Waals surface area contributed by atoms with Gasteiger partial charge in [-0.15, -0.1) is 5.17 Å². The largest absolute Gasteiger partial charge is 0.367 e. The maximum Gasteiger partial charge on any atom is 0.294 e. The van der Waals surface area contributed by atoms with Crippen molar-refractivity contribution >= 4 is 28.0 Å². The smallest absolute Gasteiger partial charge is 0.294 e.